The average molecular weight is 1110 g/mol. The van der Waals surface area contributed by atoms with Crippen LogP contribution in [0.4, 0.5) is 0 Å². The van der Waals surface area contributed by atoms with Gasteiger partial charge in [0.2, 0.25) is 0 Å². The monoisotopic (exact) mass is 1100 g/mol. The van der Waals surface area contributed by atoms with Crippen molar-refractivity contribution in [1.82, 2.24) is 0 Å². The summed E-state index contributed by atoms with van der Waals surface area (Å²) < 4.78 is 54.3. The lowest BCUT2D eigenvalue weighted by Gasteiger charge is -2.73. The van der Waals surface area contributed by atoms with E-state index in [4.69, 9.17) is 42.6 Å². The SMILES string of the molecule is CC1OC(OC2CCC3(C)C(CCC4(C)C3C=CC35OCC6(CCC(C)(C)CC63)C(O)CC45C)C2(C)CO)C(O)C(OC2OC(COC3OC(CO)C(OC4OC(CO)C(O)C(O)C4O)C(O)C3O)C(O)C(O)C2O)C1O. The fraction of sp³-hybridized carbons (Fsp3) is 0.963. The van der Waals surface area contributed by atoms with Gasteiger partial charge in [-0.15, -0.1) is 0 Å². The molecule has 5 aliphatic carbocycles. The molecule has 442 valence electrons. The van der Waals surface area contributed by atoms with Crippen LogP contribution in [0, 0.1) is 50.2 Å². The van der Waals surface area contributed by atoms with Crippen molar-refractivity contribution < 1.29 is 114 Å². The lowest BCUT2D eigenvalue weighted by molar-refractivity contribution is -0.376. The molecule has 4 saturated carbocycles. The van der Waals surface area contributed by atoms with Gasteiger partial charge in [0.25, 0.3) is 0 Å². The van der Waals surface area contributed by atoms with Gasteiger partial charge in [-0.25, -0.2) is 0 Å². The van der Waals surface area contributed by atoms with Gasteiger partial charge in [-0.2, -0.15) is 0 Å². The molecule has 1 spiro atoms. The first-order chi connectivity index (χ1) is 36.1. The summed E-state index contributed by atoms with van der Waals surface area (Å²) in [6, 6.07) is 0. The number of hydrogen-bond donors (Lipinski definition) is 14. The van der Waals surface area contributed by atoms with E-state index < -0.39 is 166 Å². The normalized spacial score (nSPS) is 58.1. The predicted molar refractivity (Wildman–Crippen MR) is 262 cm³/mol. The Kier molecular flexibility index (Phi) is 16.0. The minimum Gasteiger partial charge on any atom is -0.396 e. The smallest absolute Gasteiger partial charge is 0.187 e. The van der Waals surface area contributed by atoms with E-state index in [0.29, 0.717) is 25.9 Å². The Bertz CT molecular complexity index is 2120. The zero-order valence-corrected chi connectivity index (χ0v) is 45.2. The maximum absolute atomic E-state index is 12.2. The Morgan fingerprint density at radius 2 is 1.14 bits per heavy atom. The number of hydrogen-bond acceptors (Lipinski definition) is 23. The standard InChI is InChI=1S/C54H88O23/c1-23-32(59)43(77-46-39(66)36(63)34(61)26(74-46)20-69-44-40(67)37(64)42(25(19-56)73-44)76-45-38(65)35(62)33(60)24(18-55)72-45)41(68)47(71-23)75-31-10-11-49(4)27(50(31,5)21-57)8-12-51(6)28(49)9-13-54-29-16-48(2,3)14-15-53(29,22-70-54)30(58)17-52(51,54)7/h9,13,23-47,55-68H,8,10-12,14-22H2,1-7H3. The predicted octanol–water partition coefficient (Wildman–Crippen LogP) is -2.57. The van der Waals surface area contributed by atoms with Crippen LogP contribution in [0.5, 0.6) is 0 Å². The van der Waals surface area contributed by atoms with E-state index in [1.165, 1.54) is 0 Å². The molecule has 0 aromatic rings. The summed E-state index contributed by atoms with van der Waals surface area (Å²) >= 11 is 0. The maximum atomic E-state index is 12.2. The van der Waals surface area contributed by atoms with Crippen molar-refractivity contribution in [2.75, 3.05) is 33.0 Å². The van der Waals surface area contributed by atoms with Gasteiger partial charge in [-0.1, -0.05) is 53.7 Å². The Labute approximate surface area is 448 Å². The molecule has 9 fully saturated rings. The van der Waals surface area contributed by atoms with Crippen molar-refractivity contribution in [3.05, 3.63) is 12.2 Å². The highest BCUT2D eigenvalue weighted by molar-refractivity contribution is 5.36. The van der Waals surface area contributed by atoms with E-state index >= 15 is 0 Å². The van der Waals surface area contributed by atoms with Gasteiger partial charge in [-0.3, -0.25) is 0 Å². The lowest BCUT2D eigenvalue weighted by Crippen LogP contribution is -2.72. The van der Waals surface area contributed by atoms with Gasteiger partial charge < -0.3 is 114 Å². The number of rotatable bonds is 12. The largest absolute Gasteiger partial charge is 0.396 e. The van der Waals surface area contributed by atoms with Crippen LogP contribution < -0.4 is 0 Å². The first-order valence-electron chi connectivity index (χ1n) is 28.0. The van der Waals surface area contributed by atoms with E-state index in [9.17, 15) is 71.5 Å². The minimum absolute atomic E-state index is 0.0531. The number of ether oxygens (including phenoxy) is 9. The van der Waals surface area contributed by atoms with Crippen molar-refractivity contribution >= 4 is 0 Å². The van der Waals surface area contributed by atoms with Crippen molar-refractivity contribution in [2.45, 2.75) is 240 Å². The van der Waals surface area contributed by atoms with Gasteiger partial charge in [0.15, 0.2) is 25.2 Å². The molecule has 2 bridgehead atoms. The topological polar surface area (TPSA) is 366 Å². The zero-order chi connectivity index (χ0) is 55.9. The van der Waals surface area contributed by atoms with Gasteiger partial charge in [0.05, 0.1) is 56.9 Å². The van der Waals surface area contributed by atoms with Crippen molar-refractivity contribution in [1.29, 1.82) is 0 Å². The third-order valence-corrected chi connectivity index (χ3v) is 22.1. The van der Waals surface area contributed by atoms with Gasteiger partial charge in [0.1, 0.15) is 91.6 Å². The Morgan fingerprint density at radius 1 is 0.545 bits per heavy atom. The van der Waals surface area contributed by atoms with Gasteiger partial charge in [-0.05, 0) is 86.4 Å². The highest BCUT2D eigenvalue weighted by Crippen LogP contribution is 2.79. The summed E-state index contributed by atoms with van der Waals surface area (Å²) in [4.78, 5) is 0. The molecule has 10 rings (SSSR count). The fourth-order valence-electron chi connectivity index (χ4n) is 17.2. The minimum atomic E-state index is -1.95. The molecular weight excluding hydrogens is 1020 g/mol. The molecule has 77 heavy (non-hydrogen) atoms. The van der Waals surface area contributed by atoms with Crippen LogP contribution in [0.2, 0.25) is 0 Å². The van der Waals surface area contributed by atoms with Crippen molar-refractivity contribution in [3.63, 3.8) is 0 Å². The van der Waals surface area contributed by atoms with Gasteiger partial charge >= 0.3 is 0 Å². The Morgan fingerprint density at radius 3 is 1.79 bits per heavy atom. The summed E-state index contributed by atoms with van der Waals surface area (Å²) in [6.07, 6.45) is -23.5. The molecule has 23 nitrogen and oxygen atoms in total. The van der Waals surface area contributed by atoms with Crippen LogP contribution in [-0.4, -0.2) is 245 Å². The number of fused-ring (bicyclic) bond motifs is 4. The summed E-state index contributed by atoms with van der Waals surface area (Å²) in [5.41, 5.74) is -2.41. The second kappa shape index (κ2) is 20.9. The van der Waals surface area contributed by atoms with Crippen molar-refractivity contribution in [2.24, 2.45) is 50.2 Å². The van der Waals surface area contributed by atoms with Crippen LogP contribution in [0.25, 0.3) is 0 Å². The average Bonchev–Trinajstić information content (AvgIpc) is 3.34. The second-order valence-electron chi connectivity index (χ2n) is 26.6. The van der Waals surface area contributed by atoms with Crippen molar-refractivity contribution in [3.8, 4) is 0 Å². The first kappa shape index (κ1) is 59.0. The third kappa shape index (κ3) is 8.93. The maximum Gasteiger partial charge on any atom is 0.187 e. The fourth-order valence-corrected chi connectivity index (χ4v) is 17.2. The summed E-state index contributed by atoms with van der Waals surface area (Å²) in [7, 11) is 0. The summed E-state index contributed by atoms with van der Waals surface area (Å²) in [6.45, 7) is 13.3. The number of aliphatic hydroxyl groups excluding tert-OH is 14. The van der Waals surface area contributed by atoms with Crippen LogP contribution in [0.3, 0.4) is 0 Å². The molecule has 23 heteroatoms. The highest BCUT2D eigenvalue weighted by Gasteiger charge is 2.79. The zero-order valence-electron chi connectivity index (χ0n) is 45.2. The van der Waals surface area contributed by atoms with Gasteiger partial charge in [0, 0.05) is 22.2 Å². The quantitative estimate of drug-likeness (QED) is 0.0705. The van der Waals surface area contributed by atoms with E-state index in [2.05, 4.69) is 46.8 Å². The van der Waals surface area contributed by atoms with Crippen LogP contribution in [-0.2, 0) is 42.6 Å². The Hall–Kier alpha value is -1.18. The van der Waals surface area contributed by atoms with E-state index in [1.807, 2.05) is 6.92 Å². The molecule has 5 heterocycles. The molecule has 0 radical (unpaired) electrons. The lowest BCUT2D eigenvalue weighted by atomic mass is 9.32. The second-order valence-corrected chi connectivity index (χ2v) is 26.6. The van der Waals surface area contributed by atoms with E-state index in [-0.39, 0.29) is 51.4 Å². The molecule has 5 saturated heterocycles. The molecule has 14 N–H and O–H groups in total. The summed E-state index contributed by atoms with van der Waals surface area (Å²) in [5, 5.41) is 153. The number of allylic oxidation sites excluding steroid dienone is 1. The summed E-state index contributed by atoms with van der Waals surface area (Å²) in [5.74, 6) is 0.221. The van der Waals surface area contributed by atoms with Crippen LogP contribution >= 0.6 is 0 Å². The molecule has 0 amide bonds. The molecule has 5 aliphatic heterocycles. The molecule has 10 aliphatic rings. The molecular formula is C54H88O23. The molecule has 31 atom stereocenters. The van der Waals surface area contributed by atoms with Crippen LogP contribution in [0.1, 0.15) is 99.8 Å². The van der Waals surface area contributed by atoms with E-state index in [0.717, 1.165) is 32.1 Å². The highest BCUT2D eigenvalue weighted by atomic mass is 16.8. The molecule has 31 unspecified atom stereocenters. The Balaban J connectivity index is 0.805. The van der Waals surface area contributed by atoms with E-state index in [1.54, 1.807) is 6.92 Å². The third-order valence-electron chi connectivity index (χ3n) is 22.1. The molecule has 0 aromatic carbocycles. The van der Waals surface area contributed by atoms with Crippen LogP contribution in [0.15, 0.2) is 12.2 Å². The number of aliphatic hydroxyl groups is 14. The first-order valence-corrected chi connectivity index (χ1v) is 28.0. The molecule has 0 aromatic heterocycles.